The molecule has 0 spiro atoms. The number of benzene rings is 2. The standard InChI is InChI=1S/C25H27ClFN5O2/c1-29-13-21(16-3-2-4-18(26)11-16)32-25(33)19-6-5-17(12-20(19)27)23-24(28)30-14-22(31-23)15-7-9-34-10-8-15/h2-6,11-12,14-15,21,29H,7-10,13H2,1H3,(H2,28,30)(H,32,33)/t21-/m1/s1. The average Bonchev–Trinajstić information content (AvgIpc) is 2.84. The lowest BCUT2D eigenvalue weighted by atomic mass is 9.96. The van der Waals surface area contributed by atoms with Crippen molar-refractivity contribution in [2.24, 2.45) is 0 Å². The maximum absolute atomic E-state index is 15.1. The number of aromatic nitrogens is 2. The summed E-state index contributed by atoms with van der Waals surface area (Å²) in [6, 6.07) is 11.2. The molecule has 3 aromatic rings. The monoisotopic (exact) mass is 483 g/mol. The summed E-state index contributed by atoms with van der Waals surface area (Å²) in [7, 11) is 1.78. The third kappa shape index (κ3) is 5.52. The summed E-state index contributed by atoms with van der Waals surface area (Å²) >= 11 is 6.10. The van der Waals surface area contributed by atoms with E-state index in [-0.39, 0.29) is 23.3 Å². The molecule has 1 aliphatic heterocycles. The summed E-state index contributed by atoms with van der Waals surface area (Å²) in [6.07, 6.45) is 3.38. The molecule has 1 atom stereocenters. The van der Waals surface area contributed by atoms with Gasteiger partial charge in [0.05, 0.1) is 23.5 Å². The van der Waals surface area contributed by atoms with Crippen molar-refractivity contribution in [3.63, 3.8) is 0 Å². The van der Waals surface area contributed by atoms with Crippen molar-refractivity contribution in [1.29, 1.82) is 0 Å². The van der Waals surface area contributed by atoms with Crippen LogP contribution < -0.4 is 16.4 Å². The fourth-order valence-corrected chi connectivity index (χ4v) is 4.28. The number of nitrogens with two attached hydrogens (primary N) is 1. The molecule has 0 radical (unpaired) electrons. The Morgan fingerprint density at radius 1 is 1.26 bits per heavy atom. The lowest BCUT2D eigenvalue weighted by Gasteiger charge is -2.22. The van der Waals surface area contributed by atoms with E-state index in [4.69, 9.17) is 22.1 Å². The number of halogens is 2. The highest BCUT2D eigenvalue weighted by Gasteiger charge is 2.22. The summed E-state index contributed by atoms with van der Waals surface area (Å²) in [5.74, 6) is -0.755. The predicted molar refractivity (Wildman–Crippen MR) is 130 cm³/mol. The van der Waals surface area contributed by atoms with E-state index >= 15 is 4.39 Å². The summed E-state index contributed by atoms with van der Waals surface area (Å²) in [5, 5.41) is 6.47. The Morgan fingerprint density at radius 2 is 2.06 bits per heavy atom. The molecule has 178 valence electrons. The first-order chi connectivity index (χ1) is 16.5. The van der Waals surface area contributed by atoms with Crippen molar-refractivity contribution >= 4 is 23.3 Å². The lowest BCUT2D eigenvalue weighted by molar-refractivity contribution is 0.0844. The van der Waals surface area contributed by atoms with E-state index in [9.17, 15) is 4.79 Å². The molecule has 0 bridgehead atoms. The van der Waals surface area contributed by atoms with E-state index < -0.39 is 11.7 Å². The van der Waals surface area contributed by atoms with Gasteiger partial charge in [0.1, 0.15) is 17.3 Å². The van der Waals surface area contributed by atoms with Gasteiger partial charge in [-0.2, -0.15) is 0 Å². The van der Waals surface area contributed by atoms with Gasteiger partial charge < -0.3 is 21.1 Å². The number of carbonyl (C=O) groups excluding carboxylic acids is 1. The number of hydrogen-bond donors (Lipinski definition) is 3. The molecule has 2 heterocycles. The molecular weight excluding hydrogens is 457 g/mol. The number of likely N-dealkylation sites (N-methyl/N-ethyl adjacent to an activating group) is 1. The first-order valence-electron chi connectivity index (χ1n) is 11.2. The van der Waals surface area contributed by atoms with Crippen LogP contribution in [0.5, 0.6) is 0 Å². The first kappa shape index (κ1) is 24.1. The van der Waals surface area contributed by atoms with E-state index in [1.165, 1.54) is 12.1 Å². The number of ether oxygens (including phenoxy) is 1. The highest BCUT2D eigenvalue weighted by molar-refractivity contribution is 6.30. The molecular formula is C25H27ClFN5O2. The van der Waals surface area contributed by atoms with Crippen LogP contribution in [0.2, 0.25) is 5.02 Å². The number of rotatable bonds is 7. The molecule has 2 aromatic carbocycles. The molecule has 1 fully saturated rings. The van der Waals surface area contributed by atoms with Crippen molar-refractivity contribution in [2.45, 2.75) is 24.8 Å². The van der Waals surface area contributed by atoms with Gasteiger partial charge in [-0.15, -0.1) is 0 Å². The van der Waals surface area contributed by atoms with Crippen molar-refractivity contribution in [3.05, 3.63) is 76.3 Å². The van der Waals surface area contributed by atoms with E-state index in [1.807, 2.05) is 12.1 Å². The van der Waals surface area contributed by atoms with Crippen LogP contribution in [-0.4, -0.2) is 42.7 Å². The maximum atomic E-state index is 15.1. The second-order valence-electron chi connectivity index (χ2n) is 8.25. The van der Waals surface area contributed by atoms with Crippen LogP contribution in [0.15, 0.2) is 48.7 Å². The molecule has 7 nitrogen and oxygen atoms in total. The van der Waals surface area contributed by atoms with Crippen LogP contribution in [0.25, 0.3) is 11.3 Å². The zero-order chi connectivity index (χ0) is 24.1. The Hall–Kier alpha value is -3.07. The minimum atomic E-state index is -0.665. The topological polar surface area (TPSA) is 102 Å². The third-order valence-electron chi connectivity index (χ3n) is 5.91. The van der Waals surface area contributed by atoms with Gasteiger partial charge >= 0.3 is 0 Å². The van der Waals surface area contributed by atoms with Crippen LogP contribution in [0.1, 0.15) is 46.4 Å². The number of carbonyl (C=O) groups is 1. The Labute approximate surface area is 202 Å². The van der Waals surface area contributed by atoms with Crippen molar-refractivity contribution in [2.75, 3.05) is 32.5 Å². The van der Waals surface area contributed by atoms with Gasteiger partial charge in [-0.1, -0.05) is 29.8 Å². The molecule has 0 saturated carbocycles. The van der Waals surface area contributed by atoms with Gasteiger partial charge in [0.25, 0.3) is 5.91 Å². The molecule has 1 aliphatic rings. The van der Waals surface area contributed by atoms with Gasteiger partial charge in [-0.05, 0) is 49.7 Å². The molecule has 1 saturated heterocycles. The van der Waals surface area contributed by atoms with Crippen LogP contribution in [0.4, 0.5) is 10.2 Å². The number of nitrogens with zero attached hydrogens (tertiary/aromatic N) is 2. The van der Waals surface area contributed by atoms with Crippen LogP contribution in [-0.2, 0) is 4.74 Å². The smallest absolute Gasteiger partial charge is 0.254 e. The zero-order valence-corrected chi connectivity index (χ0v) is 19.6. The van der Waals surface area contributed by atoms with Crippen molar-refractivity contribution in [1.82, 2.24) is 20.6 Å². The molecule has 0 unspecified atom stereocenters. The predicted octanol–water partition coefficient (Wildman–Crippen LogP) is 4.10. The normalized spacial score (nSPS) is 15.1. The third-order valence-corrected chi connectivity index (χ3v) is 6.15. The summed E-state index contributed by atoms with van der Waals surface area (Å²) in [6.45, 7) is 1.80. The Bertz CT molecular complexity index is 1170. The van der Waals surface area contributed by atoms with Crippen LogP contribution >= 0.6 is 11.6 Å². The largest absolute Gasteiger partial charge is 0.382 e. The van der Waals surface area contributed by atoms with Gasteiger partial charge in [-0.3, -0.25) is 4.79 Å². The number of nitrogen functional groups attached to an aromatic ring is 1. The van der Waals surface area contributed by atoms with Crippen LogP contribution in [0.3, 0.4) is 0 Å². The second kappa shape index (κ2) is 10.9. The minimum absolute atomic E-state index is 0.0704. The van der Waals surface area contributed by atoms with Gasteiger partial charge in [0.15, 0.2) is 0 Å². The summed E-state index contributed by atoms with van der Waals surface area (Å²) in [5.41, 5.74) is 8.49. The van der Waals surface area contributed by atoms with Crippen molar-refractivity contribution in [3.8, 4) is 11.3 Å². The molecule has 0 aliphatic carbocycles. The highest BCUT2D eigenvalue weighted by atomic mass is 35.5. The lowest BCUT2D eigenvalue weighted by Crippen LogP contribution is -2.35. The molecule has 1 amide bonds. The van der Waals surface area contributed by atoms with E-state index in [0.717, 1.165) is 24.1 Å². The van der Waals surface area contributed by atoms with E-state index in [0.29, 0.717) is 36.0 Å². The maximum Gasteiger partial charge on any atom is 0.254 e. The van der Waals surface area contributed by atoms with E-state index in [2.05, 4.69) is 20.6 Å². The van der Waals surface area contributed by atoms with Gasteiger partial charge in [0.2, 0.25) is 0 Å². The Kier molecular flexibility index (Phi) is 7.72. The van der Waals surface area contributed by atoms with Gasteiger partial charge in [0, 0.05) is 36.3 Å². The Balaban J connectivity index is 1.56. The number of hydrogen-bond acceptors (Lipinski definition) is 6. The average molecular weight is 484 g/mol. The van der Waals surface area contributed by atoms with Crippen LogP contribution in [0, 0.1) is 5.82 Å². The molecule has 4 rings (SSSR count). The number of anilines is 1. The van der Waals surface area contributed by atoms with Gasteiger partial charge in [-0.25, -0.2) is 14.4 Å². The summed E-state index contributed by atoms with van der Waals surface area (Å²) in [4.78, 5) is 21.9. The Morgan fingerprint density at radius 3 is 2.76 bits per heavy atom. The molecule has 34 heavy (non-hydrogen) atoms. The minimum Gasteiger partial charge on any atom is -0.382 e. The quantitative estimate of drug-likeness (QED) is 0.467. The molecule has 9 heteroatoms. The van der Waals surface area contributed by atoms with E-state index in [1.54, 1.807) is 31.4 Å². The number of nitrogens with one attached hydrogen (secondary N) is 2. The molecule has 4 N–H and O–H groups in total. The fourth-order valence-electron chi connectivity index (χ4n) is 4.08. The second-order valence-corrected chi connectivity index (χ2v) is 8.69. The summed E-state index contributed by atoms with van der Waals surface area (Å²) < 4.78 is 20.5. The highest BCUT2D eigenvalue weighted by Crippen LogP contribution is 2.30. The van der Waals surface area contributed by atoms with Crippen molar-refractivity contribution < 1.29 is 13.9 Å². The zero-order valence-electron chi connectivity index (χ0n) is 18.9. The SMILES string of the molecule is CNC[C@@H](NC(=O)c1ccc(-c2nc(C3CCOCC3)cnc2N)cc1F)c1cccc(Cl)c1. The fraction of sp³-hybridized carbons (Fsp3) is 0.320. The number of amides is 1. The molecule has 1 aromatic heterocycles. The first-order valence-corrected chi connectivity index (χ1v) is 11.5.